The summed E-state index contributed by atoms with van der Waals surface area (Å²) in [5.41, 5.74) is 0.108. The molecule has 1 heterocycles. The molecule has 0 aliphatic carbocycles. The number of carbonyl (C=O) groups is 1. The van der Waals surface area contributed by atoms with Gasteiger partial charge in [-0.3, -0.25) is 4.79 Å². The van der Waals surface area contributed by atoms with Gasteiger partial charge >= 0.3 is 0 Å². The summed E-state index contributed by atoms with van der Waals surface area (Å²) in [6, 6.07) is 4.37. The third kappa shape index (κ3) is 2.41. The minimum Gasteiger partial charge on any atom is -0.378 e. The van der Waals surface area contributed by atoms with E-state index < -0.39 is 5.82 Å². The van der Waals surface area contributed by atoms with Gasteiger partial charge in [0.25, 0.3) is 5.91 Å². The number of hydrogen-bond donors (Lipinski definition) is 0. The van der Waals surface area contributed by atoms with Gasteiger partial charge in [0.2, 0.25) is 0 Å². The predicted molar refractivity (Wildman–Crippen MR) is 60.8 cm³/mol. The number of carbonyl (C=O) groups excluding carboxylic acids is 1. The van der Waals surface area contributed by atoms with Crippen LogP contribution in [-0.4, -0.2) is 37.1 Å². The molecule has 2 rings (SSSR count). The van der Waals surface area contributed by atoms with Gasteiger partial charge < -0.3 is 9.64 Å². The molecular formula is C11H11BrFNO2. The van der Waals surface area contributed by atoms with Crippen molar-refractivity contribution >= 4 is 21.8 Å². The van der Waals surface area contributed by atoms with Crippen molar-refractivity contribution < 1.29 is 13.9 Å². The van der Waals surface area contributed by atoms with E-state index in [1.807, 2.05) is 0 Å². The maximum Gasteiger partial charge on any atom is 0.257 e. The van der Waals surface area contributed by atoms with Crippen LogP contribution in [0.2, 0.25) is 0 Å². The summed E-state index contributed by atoms with van der Waals surface area (Å²) >= 11 is 3.23. The van der Waals surface area contributed by atoms with Crippen molar-refractivity contribution in [1.29, 1.82) is 0 Å². The molecule has 0 radical (unpaired) electrons. The van der Waals surface area contributed by atoms with Crippen LogP contribution in [0.5, 0.6) is 0 Å². The zero-order valence-electron chi connectivity index (χ0n) is 8.58. The van der Waals surface area contributed by atoms with Crippen molar-refractivity contribution in [2.24, 2.45) is 0 Å². The first-order valence-corrected chi connectivity index (χ1v) is 5.80. The van der Waals surface area contributed by atoms with Crippen LogP contribution < -0.4 is 0 Å². The highest BCUT2D eigenvalue weighted by atomic mass is 79.9. The minimum atomic E-state index is -0.486. The Bertz CT molecular complexity index is 405. The Morgan fingerprint density at radius 3 is 2.75 bits per heavy atom. The van der Waals surface area contributed by atoms with Crippen LogP contribution in [0.3, 0.4) is 0 Å². The number of benzene rings is 1. The molecule has 1 fully saturated rings. The van der Waals surface area contributed by atoms with E-state index in [1.54, 1.807) is 11.0 Å². The number of rotatable bonds is 1. The van der Waals surface area contributed by atoms with Crippen LogP contribution >= 0.6 is 15.9 Å². The zero-order valence-corrected chi connectivity index (χ0v) is 10.2. The Morgan fingerprint density at radius 2 is 2.06 bits per heavy atom. The van der Waals surface area contributed by atoms with Gasteiger partial charge in [0.05, 0.1) is 18.8 Å². The largest absolute Gasteiger partial charge is 0.378 e. The molecule has 1 saturated heterocycles. The van der Waals surface area contributed by atoms with Gasteiger partial charge in [-0.2, -0.15) is 0 Å². The number of ether oxygens (including phenoxy) is 1. The third-order valence-corrected chi connectivity index (χ3v) is 2.95. The van der Waals surface area contributed by atoms with E-state index in [1.165, 1.54) is 12.1 Å². The average molecular weight is 288 g/mol. The summed E-state index contributed by atoms with van der Waals surface area (Å²) in [5.74, 6) is -0.762. The van der Waals surface area contributed by atoms with Crippen LogP contribution in [0.25, 0.3) is 0 Å². The van der Waals surface area contributed by atoms with Gasteiger partial charge in [0.15, 0.2) is 0 Å². The van der Waals surface area contributed by atoms with E-state index in [0.717, 1.165) is 0 Å². The van der Waals surface area contributed by atoms with Crippen molar-refractivity contribution in [3.05, 3.63) is 34.1 Å². The Hall–Kier alpha value is -0.940. The molecule has 1 aromatic rings. The maximum absolute atomic E-state index is 13.5. The maximum atomic E-state index is 13.5. The second kappa shape index (κ2) is 4.93. The van der Waals surface area contributed by atoms with Crippen molar-refractivity contribution in [3.63, 3.8) is 0 Å². The normalized spacial score (nSPS) is 16.2. The lowest BCUT2D eigenvalue weighted by Crippen LogP contribution is -2.41. The van der Waals surface area contributed by atoms with E-state index in [4.69, 9.17) is 4.74 Å². The van der Waals surface area contributed by atoms with Gasteiger partial charge in [-0.15, -0.1) is 0 Å². The number of nitrogens with zero attached hydrogens (tertiary/aromatic N) is 1. The summed E-state index contributed by atoms with van der Waals surface area (Å²) in [6.07, 6.45) is 0. The summed E-state index contributed by atoms with van der Waals surface area (Å²) in [7, 11) is 0. The molecule has 1 amide bonds. The first-order valence-electron chi connectivity index (χ1n) is 5.00. The molecule has 3 nitrogen and oxygen atoms in total. The van der Waals surface area contributed by atoms with E-state index in [9.17, 15) is 9.18 Å². The lowest BCUT2D eigenvalue weighted by Gasteiger charge is -2.27. The zero-order chi connectivity index (χ0) is 11.5. The Balaban J connectivity index is 2.22. The summed E-state index contributed by atoms with van der Waals surface area (Å²) in [4.78, 5) is 13.6. The van der Waals surface area contributed by atoms with E-state index in [-0.39, 0.29) is 11.5 Å². The lowest BCUT2D eigenvalue weighted by molar-refractivity contribution is 0.0300. The first kappa shape index (κ1) is 11.5. The van der Waals surface area contributed by atoms with Crippen LogP contribution in [0.15, 0.2) is 22.7 Å². The lowest BCUT2D eigenvalue weighted by atomic mass is 10.2. The fourth-order valence-corrected chi connectivity index (χ4v) is 1.96. The molecule has 1 aliphatic rings. The van der Waals surface area contributed by atoms with Crippen LogP contribution in [0, 0.1) is 5.82 Å². The first-order chi connectivity index (χ1) is 7.68. The van der Waals surface area contributed by atoms with E-state index in [2.05, 4.69) is 15.9 Å². The van der Waals surface area contributed by atoms with Gasteiger partial charge in [-0.05, 0) is 18.2 Å². The Morgan fingerprint density at radius 1 is 1.38 bits per heavy atom. The monoisotopic (exact) mass is 287 g/mol. The fourth-order valence-electron chi connectivity index (χ4n) is 1.60. The summed E-state index contributed by atoms with van der Waals surface area (Å²) in [6.45, 7) is 2.07. The van der Waals surface area contributed by atoms with Crippen LogP contribution in [0.4, 0.5) is 4.39 Å². The molecule has 0 atom stereocenters. The molecule has 0 bridgehead atoms. The van der Waals surface area contributed by atoms with Gasteiger partial charge in [0.1, 0.15) is 5.82 Å². The highest BCUT2D eigenvalue weighted by Crippen LogP contribution is 2.17. The van der Waals surface area contributed by atoms with Crippen molar-refractivity contribution in [2.45, 2.75) is 0 Å². The molecule has 1 aromatic carbocycles. The Labute approximate surface area is 101 Å². The second-order valence-electron chi connectivity index (χ2n) is 3.53. The molecule has 0 unspecified atom stereocenters. The molecule has 5 heteroatoms. The highest BCUT2D eigenvalue weighted by molar-refractivity contribution is 9.10. The highest BCUT2D eigenvalue weighted by Gasteiger charge is 2.21. The van der Waals surface area contributed by atoms with Crippen molar-refractivity contribution in [1.82, 2.24) is 4.90 Å². The summed E-state index contributed by atoms with van der Waals surface area (Å²) < 4.78 is 19.3. The van der Waals surface area contributed by atoms with Crippen molar-refractivity contribution in [3.8, 4) is 0 Å². The fraction of sp³-hybridized carbons (Fsp3) is 0.364. The number of halogens is 2. The number of amides is 1. The molecule has 0 spiro atoms. The predicted octanol–water partition coefficient (Wildman–Crippen LogP) is 2.06. The second-order valence-corrected chi connectivity index (χ2v) is 4.44. The van der Waals surface area contributed by atoms with Gasteiger partial charge in [-0.1, -0.05) is 15.9 Å². The van der Waals surface area contributed by atoms with Crippen LogP contribution in [0.1, 0.15) is 10.4 Å². The standard InChI is InChI=1S/C11H11BrFNO2/c12-8-1-2-10(13)9(7-8)11(15)14-3-5-16-6-4-14/h1-2,7H,3-6H2. The number of morpholine rings is 1. The third-order valence-electron chi connectivity index (χ3n) is 2.46. The molecule has 1 aliphatic heterocycles. The van der Waals surface area contributed by atoms with Gasteiger partial charge in [0, 0.05) is 17.6 Å². The van der Waals surface area contributed by atoms with E-state index >= 15 is 0 Å². The smallest absolute Gasteiger partial charge is 0.257 e. The van der Waals surface area contributed by atoms with E-state index in [0.29, 0.717) is 30.8 Å². The molecule has 0 aromatic heterocycles. The molecule has 86 valence electrons. The Kier molecular flexibility index (Phi) is 3.56. The van der Waals surface area contributed by atoms with Gasteiger partial charge in [-0.25, -0.2) is 4.39 Å². The topological polar surface area (TPSA) is 29.5 Å². The average Bonchev–Trinajstić information content (AvgIpc) is 2.32. The quantitative estimate of drug-likeness (QED) is 0.791. The molecule has 0 N–H and O–H groups in total. The van der Waals surface area contributed by atoms with Crippen molar-refractivity contribution in [2.75, 3.05) is 26.3 Å². The SMILES string of the molecule is O=C(c1cc(Br)ccc1F)N1CCOCC1. The molecular weight excluding hydrogens is 277 g/mol. The van der Waals surface area contributed by atoms with Crippen LogP contribution in [-0.2, 0) is 4.74 Å². The molecule has 16 heavy (non-hydrogen) atoms. The minimum absolute atomic E-state index is 0.108. The number of hydrogen-bond acceptors (Lipinski definition) is 2. The molecule has 0 saturated carbocycles. The summed E-state index contributed by atoms with van der Waals surface area (Å²) in [5, 5.41) is 0.